The first-order chi connectivity index (χ1) is 9.36. The average Bonchev–Trinajstić information content (AvgIpc) is 2.32. The van der Waals surface area contributed by atoms with Crippen molar-refractivity contribution in [1.29, 1.82) is 0 Å². The van der Waals surface area contributed by atoms with Crippen LogP contribution in [0.4, 0.5) is 8.78 Å². The van der Waals surface area contributed by atoms with E-state index in [-0.39, 0.29) is 0 Å². The average molecular weight is 359 g/mol. The van der Waals surface area contributed by atoms with E-state index in [0.29, 0.717) is 21.9 Å². The summed E-state index contributed by atoms with van der Waals surface area (Å²) in [6, 6.07) is 3.28. The van der Waals surface area contributed by atoms with Gasteiger partial charge in [-0.2, -0.15) is 0 Å². The number of nitrogens with zero attached hydrogens (tertiary/aromatic N) is 1. The van der Waals surface area contributed by atoms with Gasteiger partial charge >= 0.3 is 0 Å². The number of aromatic nitrogens is 2. The van der Waals surface area contributed by atoms with Crippen molar-refractivity contribution in [2.75, 3.05) is 0 Å². The Morgan fingerprint density at radius 3 is 2.40 bits per heavy atom. The lowest BCUT2D eigenvalue weighted by atomic mass is 10.1. The molecule has 1 aromatic carbocycles. The fourth-order valence-electron chi connectivity index (χ4n) is 1.88. The van der Waals surface area contributed by atoms with E-state index in [2.05, 4.69) is 39.7 Å². The summed E-state index contributed by atoms with van der Waals surface area (Å²) in [5.41, 5.74) is 1.21. The van der Waals surface area contributed by atoms with Gasteiger partial charge in [0, 0.05) is 17.3 Å². The van der Waals surface area contributed by atoms with E-state index in [1.54, 1.807) is 0 Å². The van der Waals surface area contributed by atoms with Crippen molar-refractivity contribution in [1.82, 2.24) is 9.97 Å². The molecule has 2 rings (SSSR count). The molecule has 0 saturated carbocycles. The van der Waals surface area contributed by atoms with E-state index in [9.17, 15) is 8.78 Å². The molecule has 106 valence electrons. The van der Waals surface area contributed by atoms with Crippen LogP contribution in [-0.2, 0) is 6.42 Å². The van der Waals surface area contributed by atoms with Crippen LogP contribution in [0, 0.1) is 22.2 Å². The van der Waals surface area contributed by atoms with E-state index in [1.807, 2.05) is 0 Å². The highest BCUT2D eigenvalue weighted by Crippen LogP contribution is 2.24. The van der Waals surface area contributed by atoms with E-state index >= 15 is 0 Å². The van der Waals surface area contributed by atoms with Crippen LogP contribution in [0.1, 0.15) is 19.5 Å². The number of hydrogen-bond acceptors (Lipinski definition) is 2. The molecule has 0 bridgehead atoms. The maximum Gasteiger partial charge on any atom is 0.144 e. The lowest BCUT2D eigenvalue weighted by Crippen LogP contribution is -2.03. The zero-order chi connectivity index (χ0) is 14.9. The van der Waals surface area contributed by atoms with Crippen molar-refractivity contribution in [3.05, 3.63) is 44.6 Å². The fourth-order valence-corrected chi connectivity index (χ4v) is 2.45. The Morgan fingerprint density at radius 1 is 1.25 bits per heavy atom. The molecule has 1 aromatic heterocycles. The number of aromatic amines is 1. The van der Waals surface area contributed by atoms with Crippen LogP contribution < -0.4 is 0 Å². The topological polar surface area (TPSA) is 28.7 Å². The summed E-state index contributed by atoms with van der Waals surface area (Å²) in [6.45, 7) is 4.15. The number of rotatable bonds is 3. The number of H-pyrrole nitrogens is 1. The molecule has 2 nitrogen and oxygen atoms in total. The lowest BCUT2D eigenvalue weighted by molar-refractivity contribution is 0.583. The number of nitrogens with one attached hydrogen (secondary N) is 1. The van der Waals surface area contributed by atoms with Crippen LogP contribution in [0.15, 0.2) is 22.7 Å². The van der Waals surface area contributed by atoms with Crippen molar-refractivity contribution in [3.63, 3.8) is 0 Å². The van der Waals surface area contributed by atoms with Crippen molar-refractivity contribution in [3.8, 4) is 11.4 Å². The molecule has 0 aliphatic carbocycles. The Balaban J connectivity index is 2.57. The Hall–Kier alpha value is -1.14. The predicted molar refractivity (Wildman–Crippen MR) is 81.0 cm³/mol. The monoisotopic (exact) mass is 358 g/mol. The molecule has 2 aromatic rings. The highest BCUT2D eigenvalue weighted by Gasteiger charge is 2.11. The third kappa shape index (κ3) is 3.49. The summed E-state index contributed by atoms with van der Waals surface area (Å²) in [7, 11) is 0. The molecule has 0 amide bonds. The minimum atomic E-state index is -0.644. The van der Waals surface area contributed by atoms with Crippen molar-refractivity contribution in [2.24, 2.45) is 5.92 Å². The second-order valence-electron chi connectivity index (χ2n) is 4.94. The van der Waals surface area contributed by atoms with Crippen LogP contribution >= 0.6 is 28.1 Å². The van der Waals surface area contributed by atoms with Crippen LogP contribution in [0.25, 0.3) is 11.4 Å². The lowest BCUT2D eigenvalue weighted by Gasteiger charge is -2.11. The summed E-state index contributed by atoms with van der Waals surface area (Å²) < 4.78 is 27.7. The van der Waals surface area contributed by atoms with Gasteiger partial charge in [-0.15, -0.1) is 0 Å². The van der Waals surface area contributed by atoms with Crippen molar-refractivity contribution < 1.29 is 8.78 Å². The summed E-state index contributed by atoms with van der Waals surface area (Å²) in [5.74, 6) is -0.507. The zero-order valence-corrected chi connectivity index (χ0v) is 13.4. The number of halogens is 3. The molecular formula is C14H13BrF2N2S. The van der Waals surface area contributed by atoms with Gasteiger partial charge in [-0.05, 0) is 40.4 Å². The molecule has 0 unspecified atom stereocenters. The molecular weight excluding hydrogens is 346 g/mol. The first kappa shape index (κ1) is 15.3. The van der Waals surface area contributed by atoms with Crippen molar-refractivity contribution >= 4 is 28.1 Å². The number of benzene rings is 1. The van der Waals surface area contributed by atoms with Gasteiger partial charge in [0.05, 0.1) is 4.47 Å². The summed E-state index contributed by atoms with van der Waals surface area (Å²) in [5, 5.41) is 0. The van der Waals surface area contributed by atoms with Gasteiger partial charge in [0.25, 0.3) is 0 Å². The second-order valence-corrected chi connectivity index (χ2v) is 6.12. The van der Waals surface area contributed by atoms with E-state index < -0.39 is 11.6 Å². The molecule has 0 atom stereocenters. The summed E-state index contributed by atoms with van der Waals surface area (Å²) in [4.78, 5) is 7.27. The minimum absolute atomic E-state index is 0.339. The molecule has 1 heterocycles. The fraction of sp³-hybridized carbons (Fsp3) is 0.286. The van der Waals surface area contributed by atoms with Gasteiger partial charge in [0.1, 0.15) is 22.1 Å². The third-order valence-electron chi connectivity index (χ3n) is 2.68. The van der Waals surface area contributed by atoms with E-state index in [0.717, 1.165) is 22.7 Å². The summed E-state index contributed by atoms with van der Waals surface area (Å²) >= 11 is 8.58. The highest BCUT2D eigenvalue weighted by molar-refractivity contribution is 9.10. The molecule has 0 saturated heterocycles. The van der Waals surface area contributed by atoms with Crippen LogP contribution in [0.3, 0.4) is 0 Å². The SMILES string of the molecule is CC(C)Cc1[nH]c(-c2cc(F)cc(F)c2)nc(=S)c1Br. The molecule has 0 aliphatic heterocycles. The number of hydrogen-bond donors (Lipinski definition) is 1. The van der Waals surface area contributed by atoms with Gasteiger partial charge in [0.2, 0.25) is 0 Å². The first-order valence-corrected chi connectivity index (χ1v) is 7.32. The molecule has 20 heavy (non-hydrogen) atoms. The molecule has 0 aliphatic rings. The minimum Gasteiger partial charge on any atom is -0.342 e. The second kappa shape index (κ2) is 6.10. The Morgan fingerprint density at radius 2 is 1.85 bits per heavy atom. The standard InChI is InChI=1S/C14H13BrF2N2S/c1-7(2)3-11-12(15)14(20)19-13(18-11)8-4-9(16)6-10(17)5-8/h4-7H,3H2,1-2H3,(H,18,19,20). The van der Waals surface area contributed by atoms with Gasteiger partial charge in [-0.25, -0.2) is 13.8 Å². The van der Waals surface area contributed by atoms with Crippen molar-refractivity contribution in [2.45, 2.75) is 20.3 Å². The molecule has 0 radical (unpaired) electrons. The van der Waals surface area contributed by atoms with Crippen LogP contribution in [0.2, 0.25) is 0 Å². The van der Waals surface area contributed by atoms with E-state index in [1.165, 1.54) is 12.1 Å². The zero-order valence-electron chi connectivity index (χ0n) is 11.0. The maximum atomic E-state index is 13.3. The normalized spacial score (nSPS) is 11.1. The Labute approximate surface area is 129 Å². The molecule has 6 heteroatoms. The Bertz CT molecular complexity index is 678. The smallest absolute Gasteiger partial charge is 0.144 e. The van der Waals surface area contributed by atoms with Gasteiger partial charge < -0.3 is 4.98 Å². The predicted octanol–water partition coefficient (Wildman–Crippen LogP) is 5.05. The maximum absolute atomic E-state index is 13.3. The first-order valence-electron chi connectivity index (χ1n) is 6.12. The van der Waals surface area contributed by atoms with E-state index in [4.69, 9.17) is 12.2 Å². The molecule has 0 fully saturated rings. The molecule has 1 N–H and O–H groups in total. The van der Waals surface area contributed by atoms with Gasteiger partial charge in [-0.3, -0.25) is 0 Å². The third-order valence-corrected chi connectivity index (χ3v) is 4.10. The quantitative estimate of drug-likeness (QED) is 0.778. The highest BCUT2D eigenvalue weighted by atomic mass is 79.9. The molecule has 0 spiro atoms. The van der Waals surface area contributed by atoms with Crippen LogP contribution in [-0.4, -0.2) is 9.97 Å². The van der Waals surface area contributed by atoms with Crippen LogP contribution in [0.5, 0.6) is 0 Å². The summed E-state index contributed by atoms with van der Waals surface area (Å²) in [6.07, 6.45) is 0.761. The Kier molecular flexibility index (Phi) is 4.65. The largest absolute Gasteiger partial charge is 0.342 e. The van der Waals surface area contributed by atoms with Gasteiger partial charge in [-0.1, -0.05) is 26.1 Å². The van der Waals surface area contributed by atoms with Gasteiger partial charge in [0.15, 0.2) is 0 Å².